The summed E-state index contributed by atoms with van der Waals surface area (Å²) < 4.78 is 0.517. The topological polar surface area (TPSA) is 101 Å². The van der Waals surface area contributed by atoms with Gasteiger partial charge in [-0.3, -0.25) is 20.4 Å². The third-order valence-corrected chi connectivity index (χ3v) is 3.38. The number of nitrogens with zero attached hydrogens (tertiary/aromatic N) is 1. The highest BCUT2D eigenvalue weighted by Crippen LogP contribution is 2.17. The largest absolute Gasteiger partial charge is 0.619 e. The van der Waals surface area contributed by atoms with Gasteiger partial charge >= 0.3 is 0 Å². The molecule has 3 aromatic rings. The molecule has 0 aliphatic rings. The molecule has 3 N–H and O–H groups in total. The Morgan fingerprint density at radius 3 is 2.78 bits per heavy atom. The lowest BCUT2D eigenvalue weighted by molar-refractivity contribution is -0.605. The van der Waals surface area contributed by atoms with E-state index >= 15 is 0 Å². The molecule has 0 radical (unpaired) electrons. The molecule has 0 spiro atoms. The minimum atomic E-state index is -0.553. The van der Waals surface area contributed by atoms with Crippen molar-refractivity contribution in [1.29, 1.82) is 0 Å². The van der Waals surface area contributed by atoms with Gasteiger partial charge in [0, 0.05) is 23.2 Å². The highest BCUT2D eigenvalue weighted by molar-refractivity contribution is 5.95. The monoisotopic (exact) mass is 310 g/mol. The molecular formula is C16H14N4O3. The molecule has 0 fully saturated rings. The van der Waals surface area contributed by atoms with Crippen LogP contribution in [0.25, 0.3) is 10.9 Å². The summed E-state index contributed by atoms with van der Waals surface area (Å²) in [6, 6.07) is 10.6. The average Bonchev–Trinajstić information content (AvgIpc) is 2.96. The van der Waals surface area contributed by atoms with Crippen LogP contribution in [0.3, 0.4) is 0 Å². The molecule has 0 atom stereocenters. The highest BCUT2D eigenvalue weighted by atomic mass is 16.5. The van der Waals surface area contributed by atoms with E-state index in [9.17, 15) is 14.8 Å². The highest BCUT2D eigenvalue weighted by Gasteiger charge is 2.12. The van der Waals surface area contributed by atoms with Crippen LogP contribution in [0.4, 0.5) is 0 Å². The summed E-state index contributed by atoms with van der Waals surface area (Å²) in [5.41, 5.74) is 6.57. The van der Waals surface area contributed by atoms with Gasteiger partial charge in [-0.15, -0.1) is 0 Å². The van der Waals surface area contributed by atoms with E-state index in [-0.39, 0.29) is 17.9 Å². The number of H-pyrrole nitrogens is 1. The Balaban J connectivity index is 1.60. The van der Waals surface area contributed by atoms with Crippen LogP contribution in [0.2, 0.25) is 0 Å². The van der Waals surface area contributed by atoms with E-state index in [0.717, 1.165) is 22.7 Å². The van der Waals surface area contributed by atoms with Crippen molar-refractivity contribution in [2.45, 2.75) is 6.42 Å². The Kier molecular flexibility index (Phi) is 3.92. The maximum atomic E-state index is 12.0. The summed E-state index contributed by atoms with van der Waals surface area (Å²) in [5, 5.41) is 12.1. The van der Waals surface area contributed by atoms with E-state index in [4.69, 9.17) is 0 Å². The van der Waals surface area contributed by atoms with Gasteiger partial charge in [0.05, 0.1) is 6.42 Å². The lowest BCUT2D eigenvalue weighted by atomic mass is 10.1. The third-order valence-electron chi connectivity index (χ3n) is 3.38. The average molecular weight is 310 g/mol. The predicted octanol–water partition coefficient (Wildman–Crippen LogP) is 0.805. The SMILES string of the molecule is O=C(Cc1c[nH]c2ccccc12)NNC(=O)c1ccc[n+]([O-])c1. The Labute approximate surface area is 131 Å². The number of carbonyl (C=O) groups is 2. The summed E-state index contributed by atoms with van der Waals surface area (Å²) >= 11 is 0. The minimum Gasteiger partial charge on any atom is -0.619 e. The minimum absolute atomic E-state index is 0.126. The maximum Gasteiger partial charge on any atom is 0.275 e. The molecule has 116 valence electrons. The van der Waals surface area contributed by atoms with Gasteiger partial charge in [-0.1, -0.05) is 18.2 Å². The van der Waals surface area contributed by atoms with Crippen LogP contribution in [0.5, 0.6) is 0 Å². The normalized spacial score (nSPS) is 10.4. The third kappa shape index (κ3) is 3.29. The van der Waals surface area contributed by atoms with Crippen LogP contribution in [0, 0.1) is 5.21 Å². The molecule has 0 aliphatic carbocycles. The summed E-state index contributed by atoms with van der Waals surface area (Å²) in [6.45, 7) is 0. The number of benzene rings is 1. The van der Waals surface area contributed by atoms with Gasteiger partial charge in [0.1, 0.15) is 5.56 Å². The fraction of sp³-hybridized carbons (Fsp3) is 0.0625. The number of hydrogen-bond acceptors (Lipinski definition) is 3. The lowest BCUT2D eigenvalue weighted by Crippen LogP contribution is -2.43. The van der Waals surface area contributed by atoms with Crippen molar-refractivity contribution in [1.82, 2.24) is 15.8 Å². The molecule has 23 heavy (non-hydrogen) atoms. The van der Waals surface area contributed by atoms with Gasteiger partial charge in [-0.05, 0) is 17.7 Å². The van der Waals surface area contributed by atoms with E-state index < -0.39 is 5.91 Å². The Morgan fingerprint density at radius 2 is 1.96 bits per heavy atom. The smallest absolute Gasteiger partial charge is 0.275 e. The number of rotatable bonds is 3. The predicted molar refractivity (Wildman–Crippen MR) is 83.0 cm³/mol. The number of aromatic amines is 1. The van der Waals surface area contributed by atoms with Crippen molar-refractivity contribution in [2.75, 3.05) is 0 Å². The first kappa shape index (κ1) is 14.6. The van der Waals surface area contributed by atoms with Crippen molar-refractivity contribution < 1.29 is 14.3 Å². The number of para-hydroxylation sites is 1. The molecule has 0 saturated carbocycles. The first-order valence-electron chi connectivity index (χ1n) is 6.96. The summed E-state index contributed by atoms with van der Waals surface area (Å²) in [5.74, 6) is -0.906. The van der Waals surface area contributed by atoms with Crippen LogP contribution in [-0.2, 0) is 11.2 Å². The molecule has 7 nitrogen and oxygen atoms in total. The molecular weight excluding hydrogens is 296 g/mol. The van der Waals surface area contributed by atoms with E-state index in [1.807, 2.05) is 24.3 Å². The number of hydrogen-bond donors (Lipinski definition) is 3. The Hall–Kier alpha value is -3.35. The Morgan fingerprint density at radius 1 is 1.13 bits per heavy atom. The molecule has 0 aliphatic heterocycles. The first-order valence-corrected chi connectivity index (χ1v) is 6.96. The van der Waals surface area contributed by atoms with Gasteiger partial charge in [-0.25, -0.2) is 0 Å². The number of aromatic nitrogens is 2. The zero-order chi connectivity index (χ0) is 16.2. The second-order valence-corrected chi connectivity index (χ2v) is 4.99. The second kappa shape index (κ2) is 6.18. The van der Waals surface area contributed by atoms with Crippen LogP contribution in [-0.4, -0.2) is 16.8 Å². The zero-order valence-electron chi connectivity index (χ0n) is 12.1. The lowest BCUT2D eigenvalue weighted by Gasteiger charge is -2.06. The van der Waals surface area contributed by atoms with Crippen molar-refractivity contribution in [3.8, 4) is 0 Å². The first-order chi connectivity index (χ1) is 11.1. The molecule has 0 bridgehead atoms. The van der Waals surface area contributed by atoms with E-state index in [0.29, 0.717) is 4.73 Å². The number of amides is 2. The van der Waals surface area contributed by atoms with Crippen molar-refractivity contribution in [3.05, 3.63) is 71.3 Å². The van der Waals surface area contributed by atoms with Gasteiger partial charge in [0.15, 0.2) is 12.4 Å². The summed E-state index contributed by atoms with van der Waals surface area (Å²) in [6.07, 6.45) is 4.29. The van der Waals surface area contributed by atoms with Crippen molar-refractivity contribution in [2.24, 2.45) is 0 Å². The molecule has 7 heteroatoms. The van der Waals surface area contributed by atoms with E-state index in [1.54, 1.807) is 6.20 Å². The molecule has 2 heterocycles. The number of pyridine rings is 1. The van der Waals surface area contributed by atoms with Crippen LogP contribution in [0.15, 0.2) is 55.0 Å². The van der Waals surface area contributed by atoms with E-state index in [2.05, 4.69) is 15.8 Å². The van der Waals surface area contributed by atoms with Crippen LogP contribution in [0.1, 0.15) is 15.9 Å². The van der Waals surface area contributed by atoms with Gasteiger partial charge in [0.25, 0.3) is 5.91 Å². The summed E-state index contributed by atoms with van der Waals surface area (Å²) in [4.78, 5) is 26.9. The number of nitrogens with one attached hydrogen (secondary N) is 3. The van der Waals surface area contributed by atoms with Crippen molar-refractivity contribution >= 4 is 22.7 Å². The van der Waals surface area contributed by atoms with Crippen LogP contribution >= 0.6 is 0 Å². The molecule has 3 rings (SSSR count). The van der Waals surface area contributed by atoms with E-state index in [1.165, 1.54) is 18.3 Å². The van der Waals surface area contributed by atoms with Gasteiger partial charge < -0.3 is 10.2 Å². The number of hydrazine groups is 1. The fourth-order valence-corrected chi connectivity index (χ4v) is 2.28. The molecule has 2 amide bonds. The molecule has 1 aromatic carbocycles. The number of carbonyl (C=O) groups excluding carboxylic acids is 2. The quantitative estimate of drug-likeness (QED) is 0.379. The maximum absolute atomic E-state index is 12.0. The number of fused-ring (bicyclic) bond motifs is 1. The van der Waals surface area contributed by atoms with Gasteiger partial charge in [-0.2, -0.15) is 4.73 Å². The molecule has 2 aromatic heterocycles. The fourth-order valence-electron chi connectivity index (χ4n) is 2.28. The Bertz CT molecular complexity index is 872. The zero-order valence-corrected chi connectivity index (χ0v) is 12.1. The molecule has 0 saturated heterocycles. The second-order valence-electron chi connectivity index (χ2n) is 4.99. The van der Waals surface area contributed by atoms with Crippen LogP contribution < -0.4 is 15.6 Å². The summed E-state index contributed by atoms with van der Waals surface area (Å²) in [7, 11) is 0. The van der Waals surface area contributed by atoms with Gasteiger partial charge in [0.2, 0.25) is 5.91 Å². The van der Waals surface area contributed by atoms with Crippen molar-refractivity contribution in [3.63, 3.8) is 0 Å². The standard InChI is InChI=1S/C16H14N4O3/c21-15(8-12-9-17-14-6-2-1-5-13(12)14)18-19-16(22)11-4-3-7-20(23)10-11/h1-7,9-10,17H,8H2,(H,18,21)(H,19,22). The molecule has 0 unspecified atom stereocenters.